The van der Waals surface area contributed by atoms with E-state index in [1.807, 2.05) is 17.5 Å². The molecule has 0 aliphatic carbocycles. The first-order chi connectivity index (χ1) is 8.15. The highest BCUT2D eigenvalue weighted by molar-refractivity contribution is 9.10. The first-order valence-electron chi connectivity index (χ1n) is 4.87. The van der Waals surface area contributed by atoms with Crippen molar-refractivity contribution >= 4 is 50.7 Å². The minimum atomic E-state index is -0.0220. The highest BCUT2D eigenvalue weighted by Gasteiger charge is 2.01. The van der Waals surface area contributed by atoms with Gasteiger partial charge in [0.05, 0.1) is 0 Å². The molecule has 0 unspecified atom stereocenters. The maximum atomic E-state index is 11.8. The molecule has 0 saturated heterocycles. The Hall–Kier alpha value is -0.900. The first kappa shape index (κ1) is 12.6. The predicted molar refractivity (Wildman–Crippen MR) is 76.8 cm³/mol. The second-order valence-corrected chi connectivity index (χ2v) is 5.67. The van der Waals surface area contributed by atoms with Crippen LogP contribution in [0.4, 0.5) is 0 Å². The van der Waals surface area contributed by atoms with E-state index in [1.165, 1.54) is 0 Å². The Balaban J connectivity index is 2.11. The average molecular weight is 328 g/mol. The minimum absolute atomic E-state index is 0.0220. The van der Waals surface area contributed by atoms with Crippen molar-refractivity contribution in [1.29, 1.82) is 0 Å². The van der Waals surface area contributed by atoms with Gasteiger partial charge in [-0.1, -0.05) is 11.6 Å². The average Bonchev–Trinajstić information content (AvgIpc) is 2.73. The smallest absolute Gasteiger partial charge is 0.185 e. The molecule has 0 atom stereocenters. The Morgan fingerprint density at radius 1 is 1.29 bits per heavy atom. The molecule has 0 bridgehead atoms. The summed E-state index contributed by atoms with van der Waals surface area (Å²) >= 11 is 10.7. The zero-order chi connectivity index (χ0) is 12.3. The molecule has 0 saturated carbocycles. The number of hydrogen-bond donors (Lipinski definition) is 0. The van der Waals surface area contributed by atoms with Crippen molar-refractivity contribution in [2.75, 3.05) is 0 Å². The summed E-state index contributed by atoms with van der Waals surface area (Å²) in [7, 11) is 0. The van der Waals surface area contributed by atoms with Gasteiger partial charge in [0, 0.05) is 25.3 Å². The molecule has 1 heterocycles. The van der Waals surface area contributed by atoms with Gasteiger partial charge in [-0.2, -0.15) is 0 Å². The standard InChI is InChI=1S/C13H8BrClOS/c14-10-7-12(17-8-10)5-6-13(16)9-1-3-11(15)4-2-9/h1-8H/b6-5-. The molecule has 2 aromatic rings. The van der Waals surface area contributed by atoms with Crippen LogP contribution in [0, 0.1) is 0 Å². The molecule has 0 N–H and O–H groups in total. The van der Waals surface area contributed by atoms with Gasteiger partial charge in [-0.25, -0.2) is 0 Å². The van der Waals surface area contributed by atoms with Crippen molar-refractivity contribution in [3.8, 4) is 0 Å². The number of allylic oxidation sites excluding steroid dienone is 1. The molecule has 0 amide bonds. The van der Waals surface area contributed by atoms with E-state index in [0.717, 1.165) is 9.35 Å². The van der Waals surface area contributed by atoms with Crippen LogP contribution in [0.2, 0.25) is 5.02 Å². The maximum absolute atomic E-state index is 11.8. The summed E-state index contributed by atoms with van der Waals surface area (Å²) in [5, 5.41) is 2.61. The van der Waals surface area contributed by atoms with Crippen LogP contribution in [0.5, 0.6) is 0 Å². The lowest BCUT2D eigenvalue weighted by molar-refractivity contribution is 0.104. The van der Waals surface area contributed by atoms with Gasteiger partial charge in [-0.05, 0) is 58.4 Å². The fraction of sp³-hybridized carbons (Fsp3) is 0. The van der Waals surface area contributed by atoms with E-state index in [1.54, 1.807) is 41.7 Å². The van der Waals surface area contributed by atoms with Gasteiger partial charge in [-0.15, -0.1) is 11.3 Å². The SMILES string of the molecule is O=C(/C=C\c1cc(Br)cs1)c1ccc(Cl)cc1. The molecular formula is C13H8BrClOS. The fourth-order valence-corrected chi connectivity index (χ4v) is 2.75. The number of halogens is 2. The zero-order valence-corrected chi connectivity index (χ0v) is 11.8. The van der Waals surface area contributed by atoms with Crippen LogP contribution in [0.15, 0.2) is 46.3 Å². The number of ketones is 1. The zero-order valence-electron chi connectivity index (χ0n) is 8.69. The summed E-state index contributed by atoms with van der Waals surface area (Å²) in [5.41, 5.74) is 0.640. The first-order valence-corrected chi connectivity index (χ1v) is 6.92. The van der Waals surface area contributed by atoms with Gasteiger partial charge < -0.3 is 0 Å². The molecule has 4 heteroatoms. The van der Waals surface area contributed by atoms with E-state index in [2.05, 4.69) is 15.9 Å². The summed E-state index contributed by atoms with van der Waals surface area (Å²) in [6.45, 7) is 0. The van der Waals surface area contributed by atoms with E-state index in [-0.39, 0.29) is 5.78 Å². The Labute approximate surface area is 117 Å². The Kier molecular flexibility index (Phi) is 4.15. The van der Waals surface area contributed by atoms with Crippen LogP contribution >= 0.6 is 38.9 Å². The van der Waals surface area contributed by atoms with Crippen LogP contribution in [-0.4, -0.2) is 5.78 Å². The lowest BCUT2D eigenvalue weighted by atomic mass is 10.1. The van der Waals surface area contributed by atoms with Crippen molar-refractivity contribution < 1.29 is 4.79 Å². The highest BCUT2D eigenvalue weighted by Crippen LogP contribution is 2.21. The summed E-state index contributed by atoms with van der Waals surface area (Å²) in [6.07, 6.45) is 3.38. The lowest BCUT2D eigenvalue weighted by Gasteiger charge is -1.95. The second-order valence-electron chi connectivity index (χ2n) is 3.37. The van der Waals surface area contributed by atoms with Crippen molar-refractivity contribution in [2.45, 2.75) is 0 Å². The van der Waals surface area contributed by atoms with E-state index in [9.17, 15) is 4.79 Å². The van der Waals surface area contributed by atoms with Gasteiger partial charge in [0.2, 0.25) is 0 Å². The van der Waals surface area contributed by atoms with Gasteiger partial charge in [0.25, 0.3) is 0 Å². The van der Waals surface area contributed by atoms with Crippen LogP contribution < -0.4 is 0 Å². The normalized spacial score (nSPS) is 10.9. The van der Waals surface area contributed by atoms with Gasteiger partial charge in [0.1, 0.15) is 0 Å². The Morgan fingerprint density at radius 2 is 2.00 bits per heavy atom. The van der Waals surface area contributed by atoms with Gasteiger partial charge in [0.15, 0.2) is 5.78 Å². The van der Waals surface area contributed by atoms with E-state index >= 15 is 0 Å². The third kappa shape index (κ3) is 3.53. The Bertz CT molecular complexity index is 557. The van der Waals surface area contributed by atoms with Gasteiger partial charge in [-0.3, -0.25) is 4.79 Å². The quantitative estimate of drug-likeness (QED) is 0.569. The molecule has 0 fully saturated rings. The number of carbonyl (C=O) groups is 1. The number of carbonyl (C=O) groups excluding carboxylic acids is 1. The summed E-state index contributed by atoms with van der Waals surface area (Å²) < 4.78 is 1.03. The third-order valence-corrected chi connectivity index (χ3v) is 4.03. The number of hydrogen-bond acceptors (Lipinski definition) is 2. The van der Waals surface area contributed by atoms with Crippen molar-refractivity contribution in [3.05, 3.63) is 61.7 Å². The molecule has 86 valence electrons. The van der Waals surface area contributed by atoms with Crippen LogP contribution in [0.25, 0.3) is 6.08 Å². The molecule has 0 radical (unpaired) electrons. The third-order valence-electron chi connectivity index (χ3n) is 2.12. The fourth-order valence-electron chi connectivity index (χ4n) is 1.28. The number of thiophene rings is 1. The molecule has 0 aliphatic rings. The molecule has 17 heavy (non-hydrogen) atoms. The van der Waals surface area contributed by atoms with E-state index < -0.39 is 0 Å². The summed E-state index contributed by atoms with van der Waals surface area (Å²) in [5.74, 6) is -0.0220. The topological polar surface area (TPSA) is 17.1 Å². The summed E-state index contributed by atoms with van der Waals surface area (Å²) in [4.78, 5) is 12.8. The lowest BCUT2D eigenvalue weighted by Crippen LogP contribution is -1.92. The predicted octanol–water partition coefficient (Wildman–Crippen LogP) is 5.06. The number of benzene rings is 1. The number of rotatable bonds is 3. The van der Waals surface area contributed by atoms with Crippen LogP contribution in [-0.2, 0) is 0 Å². The monoisotopic (exact) mass is 326 g/mol. The maximum Gasteiger partial charge on any atom is 0.185 e. The van der Waals surface area contributed by atoms with E-state index in [4.69, 9.17) is 11.6 Å². The highest BCUT2D eigenvalue weighted by atomic mass is 79.9. The summed E-state index contributed by atoms with van der Waals surface area (Å²) in [6, 6.07) is 8.84. The van der Waals surface area contributed by atoms with Crippen LogP contribution in [0.3, 0.4) is 0 Å². The molecule has 1 aromatic carbocycles. The Morgan fingerprint density at radius 3 is 2.59 bits per heavy atom. The molecule has 2 rings (SSSR count). The largest absolute Gasteiger partial charge is 0.289 e. The molecular weight excluding hydrogens is 320 g/mol. The molecule has 1 nitrogen and oxygen atoms in total. The van der Waals surface area contributed by atoms with Gasteiger partial charge >= 0.3 is 0 Å². The van der Waals surface area contributed by atoms with Crippen LogP contribution in [0.1, 0.15) is 15.2 Å². The minimum Gasteiger partial charge on any atom is -0.289 e. The molecule has 0 aliphatic heterocycles. The molecule has 0 spiro atoms. The van der Waals surface area contributed by atoms with E-state index in [0.29, 0.717) is 10.6 Å². The second kappa shape index (κ2) is 5.63. The van der Waals surface area contributed by atoms with Crippen molar-refractivity contribution in [2.24, 2.45) is 0 Å². The van der Waals surface area contributed by atoms with Crippen molar-refractivity contribution in [3.63, 3.8) is 0 Å². The molecule has 1 aromatic heterocycles. The van der Waals surface area contributed by atoms with Crippen molar-refractivity contribution in [1.82, 2.24) is 0 Å².